The smallest absolute Gasteiger partial charge is 0.417 e. The number of aliphatic carboxylic acids is 1. The maximum atomic E-state index is 12.8. The van der Waals surface area contributed by atoms with Crippen molar-refractivity contribution in [3.63, 3.8) is 0 Å². The summed E-state index contributed by atoms with van der Waals surface area (Å²) >= 11 is 0. The highest BCUT2D eigenvalue weighted by molar-refractivity contribution is 7.96. The zero-order valence-electron chi connectivity index (χ0n) is 9.68. The molecule has 1 aromatic carbocycles. The summed E-state index contributed by atoms with van der Waals surface area (Å²) in [5.74, 6) is -1.64. The van der Waals surface area contributed by atoms with Crippen molar-refractivity contribution in [3.05, 3.63) is 34.2 Å². The average molecular weight is 307 g/mol. The molecule has 0 fully saturated rings. The number of halogens is 3. The van der Waals surface area contributed by atoms with Crippen LogP contribution < -0.4 is 5.73 Å². The van der Waals surface area contributed by atoms with E-state index < -0.39 is 49.0 Å². The minimum atomic E-state index is -4.75. The van der Waals surface area contributed by atoms with Crippen LogP contribution in [0.1, 0.15) is 11.1 Å². The van der Waals surface area contributed by atoms with Crippen molar-refractivity contribution in [1.82, 2.24) is 0 Å². The first-order chi connectivity index (χ1) is 9.06. The van der Waals surface area contributed by atoms with Crippen molar-refractivity contribution in [2.45, 2.75) is 17.1 Å². The highest BCUT2D eigenvalue weighted by Gasteiger charge is 2.42. The molecule has 0 aliphatic carbocycles. The van der Waals surface area contributed by atoms with Crippen molar-refractivity contribution in [1.29, 1.82) is 0 Å². The summed E-state index contributed by atoms with van der Waals surface area (Å²) in [5, 5.41) is 8.73. The standard InChI is InChI=1S/C11H8F3NO4S/c12-11(13,14)6-2-1-3-7-5(6)4-8(20(7,18)19)9(15)10(16)17/h1-4,9H,15H2,(H,16,17). The number of fused-ring (bicyclic) bond motifs is 1. The van der Waals surface area contributed by atoms with Crippen molar-refractivity contribution < 1.29 is 31.5 Å². The summed E-state index contributed by atoms with van der Waals surface area (Å²) in [7, 11) is -4.32. The lowest BCUT2D eigenvalue weighted by molar-refractivity contribution is -0.138. The van der Waals surface area contributed by atoms with E-state index in [0.29, 0.717) is 6.08 Å². The summed E-state index contributed by atoms with van der Waals surface area (Å²) in [4.78, 5) is 9.42. The number of nitrogens with two attached hydrogens (primary N) is 1. The molecule has 1 atom stereocenters. The van der Waals surface area contributed by atoms with Gasteiger partial charge in [0, 0.05) is 5.56 Å². The third kappa shape index (κ3) is 2.08. The van der Waals surface area contributed by atoms with Crippen LogP contribution in [0.25, 0.3) is 6.08 Å². The van der Waals surface area contributed by atoms with E-state index in [1.165, 1.54) is 0 Å². The van der Waals surface area contributed by atoms with Gasteiger partial charge in [0.25, 0.3) is 0 Å². The van der Waals surface area contributed by atoms with E-state index in [-0.39, 0.29) is 0 Å². The van der Waals surface area contributed by atoms with Crippen LogP contribution in [-0.2, 0) is 20.8 Å². The Balaban J connectivity index is 2.72. The molecular formula is C11H8F3NO4S. The number of hydrogen-bond acceptors (Lipinski definition) is 4. The molecular weight excluding hydrogens is 299 g/mol. The van der Waals surface area contributed by atoms with Gasteiger partial charge in [0.15, 0.2) is 0 Å². The third-order valence-electron chi connectivity index (χ3n) is 2.83. The van der Waals surface area contributed by atoms with E-state index in [9.17, 15) is 26.4 Å². The Labute approximate surface area is 111 Å². The Morgan fingerprint density at radius 1 is 1.30 bits per heavy atom. The van der Waals surface area contributed by atoms with Crippen LogP contribution in [0, 0.1) is 0 Å². The number of sulfone groups is 1. The van der Waals surface area contributed by atoms with Crippen molar-refractivity contribution >= 4 is 21.9 Å². The fourth-order valence-corrected chi connectivity index (χ4v) is 3.58. The molecule has 0 spiro atoms. The number of carboxylic acids is 1. The maximum absolute atomic E-state index is 12.8. The van der Waals surface area contributed by atoms with Gasteiger partial charge >= 0.3 is 12.1 Å². The summed E-state index contributed by atoms with van der Waals surface area (Å²) in [5.41, 5.74) is 3.48. The zero-order valence-corrected chi connectivity index (χ0v) is 10.5. The summed E-state index contributed by atoms with van der Waals surface area (Å²) in [6, 6.07) is 0.744. The van der Waals surface area contributed by atoms with Gasteiger partial charge in [0.2, 0.25) is 9.84 Å². The largest absolute Gasteiger partial charge is 0.480 e. The second-order valence-corrected chi connectivity index (χ2v) is 6.00. The number of benzene rings is 1. The Morgan fingerprint density at radius 3 is 2.40 bits per heavy atom. The molecule has 2 rings (SSSR count). The predicted octanol–water partition coefficient (Wildman–Crippen LogP) is 1.25. The summed E-state index contributed by atoms with van der Waals surface area (Å²) in [6.07, 6.45) is -4.08. The van der Waals surface area contributed by atoms with Crippen LogP contribution in [0.3, 0.4) is 0 Å². The molecule has 5 nitrogen and oxygen atoms in total. The van der Waals surface area contributed by atoms with Gasteiger partial charge in [-0.1, -0.05) is 6.07 Å². The molecule has 0 saturated carbocycles. The van der Waals surface area contributed by atoms with E-state index in [0.717, 1.165) is 18.2 Å². The molecule has 0 radical (unpaired) electrons. The molecule has 1 aliphatic rings. The molecule has 0 aromatic heterocycles. The third-order valence-corrected chi connectivity index (χ3v) is 4.76. The van der Waals surface area contributed by atoms with Gasteiger partial charge in [-0.3, -0.25) is 4.79 Å². The molecule has 1 aliphatic heterocycles. The molecule has 0 amide bonds. The van der Waals surface area contributed by atoms with E-state index in [1.807, 2.05) is 0 Å². The lowest BCUT2D eigenvalue weighted by Gasteiger charge is -2.10. The van der Waals surface area contributed by atoms with Gasteiger partial charge in [0.1, 0.15) is 6.04 Å². The monoisotopic (exact) mass is 307 g/mol. The lowest BCUT2D eigenvalue weighted by Crippen LogP contribution is -2.34. The van der Waals surface area contributed by atoms with E-state index in [2.05, 4.69) is 0 Å². The summed E-state index contributed by atoms with van der Waals surface area (Å²) < 4.78 is 62.5. The topological polar surface area (TPSA) is 97.5 Å². The molecule has 20 heavy (non-hydrogen) atoms. The minimum absolute atomic E-state index is 0.577. The van der Waals surface area contributed by atoms with Crippen molar-refractivity contribution in [2.75, 3.05) is 0 Å². The van der Waals surface area contributed by atoms with Gasteiger partial charge in [-0.05, 0) is 18.2 Å². The van der Waals surface area contributed by atoms with Crippen LogP contribution in [0.2, 0.25) is 0 Å². The van der Waals surface area contributed by atoms with Gasteiger partial charge in [0.05, 0.1) is 15.4 Å². The molecule has 9 heteroatoms. The van der Waals surface area contributed by atoms with Gasteiger partial charge < -0.3 is 10.8 Å². The van der Waals surface area contributed by atoms with Crippen LogP contribution in [0.4, 0.5) is 13.2 Å². The molecule has 1 aromatic rings. The Bertz CT molecular complexity index is 722. The fourth-order valence-electron chi connectivity index (χ4n) is 1.90. The number of alkyl halides is 3. The van der Waals surface area contributed by atoms with Crippen LogP contribution in [0.5, 0.6) is 0 Å². The highest BCUT2D eigenvalue weighted by Crippen LogP contribution is 2.41. The fraction of sp³-hybridized carbons (Fsp3) is 0.182. The Morgan fingerprint density at radius 2 is 1.90 bits per heavy atom. The molecule has 3 N–H and O–H groups in total. The Hall–Kier alpha value is -1.87. The number of carbonyl (C=O) groups is 1. The Kier molecular flexibility index (Phi) is 3.14. The minimum Gasteiger partial charge on any atom is -0.480 e. The molecule has 0 saturated heterocycles. The second-order valence-electron chi connectivity index (χ2n) is 4.08. The van der Waals surface area contributed by atoms with Gasteiger partial charge in [-0.2, -0.15) is 13.2 Å². The van der Waals surface area contributed by atoms with Crippen molar-refractivity contribution in [2.24, 2.45) is 5.73 Å². The SMILES string of the molecule is NC(C(=O)O)C1=Cc2c(C(F)(F)F)cccc2S1(=O)=O. The molecule has 108 valence electrons. The van der Waals surface area contributed by atoms with Crippen molar-refractivity contribution in [3.8, 4) is 0 Å². The maximum Gasteiger partial charge on any atom is 0.417 e. The van der Waals surface area contributed by atoms with Crippen LogP contribution in [-0.4, -0.2) is 25.5 Å². The number of carboxylic acid groups (broad SMARTS) is 1. The second kappa shape index (κ2) is 4.32. The quantitative estimate of drug-likeness (QED) is 0.857. The van der Waals surface area contributed by atoms with E-state index >= 15 is 0 Å². The zero-order chi connectivity index (χ0) is 15.3. The number of rotatable bonds is 2. The van der Waals surface area contributed by atoms with Crippen LogP contribution >= 0.6 is 0 Å². The van der Waals surface area contributed by atoms with E-state index in [4.69, 9.17) is 10.8 Å². The molecule has 1 unspecified atom stereocenters. The molecule has 0 bridgehead atoms. The average Bonchev–Trinajstić information content (AvgIpc) is 2.59. The van der Waals surface area contributed by atoms with Gasteiger partial charge in [-0.15, -0.1) is 0 Å². The molecule has 1 heterocycles. The van der Waals surface area contributed by atoms with Crippen LogP contribution in [0.15, 0.2) is 28.0 Å². The van der Waals surface area contributed by atoms with Gasteiger partial charge in [-0.25, -0.2) is 8.42 Å². The first-order valence-electron chi connectivity index (χ1n) is 5.22. The number of hydrogen-bond donors (Lipinski definition) is 2. The normalized spacial score (nSPS) is 18.3. The predicted molar refractivity (Wildman–Crippen MR) is 62.2 cm³/mol. The van der Waals surface area contributed by atoms with E-state index in [1.54, 1.807) is 0 Å². The lowest BCUT2D eigenvalue weighted by atomic mass is 10.1. The highest BCUT2D eigenvalue weighted by atomic mass is 32.2. The summed E-state index contributed by atoms with van der Waals surface area (Å²) in [6.45, 7) is 0. The first kappa shape index (κ1) is 14.5. The first-order valence-corrected chi connectivity index (χ1v) is 6.70.